The highest BCUT2D eigenvalue weighted by Gasteiger charge is 2.23. The molecule has 1 fully saturated rings. The zero-order chi connectivity index (χ0) is 21.8. The van der Waals surface area contributed by atoms with Crippen LogP contribution in [0.5, 0.6) is 0 Å². The van der Waals surface area contributed by atoms with Crippen LogP contribution in [0.25, 0.3) is 16.8 Å². The second-order valence-electron chi connectivity index (χ2n) is 8.34. The van der Waals surface area contributed by atoms with E-state index in [4.69, 9.17) is 0 Å². The summed E-state index contributed by atoms with van der Waals surface area (Å²) < 4.78 is 4.16. The van der Waals surface area contributed by atoms with Gasteiger partial charge in [-0.3, -0.25) is 4.79 Å². The van der Waals surface area contributed by atoms with Crippen LogP contribution >= 0.6 is 11.5 Å². The summed E-state index contributed by atoms with van der Waals surface area (Å²) >= 11 is 1.41. The molecule has 0 unspecified atom stereocenters. The molecule has 5 heteroatoms. The molecule has 0 radical (unpaired) electrons. The zero-order valence-electron chi connectivity index (χ0n) is 17.9. The normalized spacial score (nSPS) is 14.9. The van der Waals surface area contributed by atoms with Crippen molar-refractivity contribution in [2.75, 3.05) is 18.0 Å². The van der Waals surface area contributed by atoms with E-state index in [2.05, 4.69) is 50.9 Å². The monoisotopic (exact) mass is 439 g/mol. The van der Waals surface area contributed by atoms with Gasteiger partial charge < -0.3 is 4.90 Å². The fourth-order valence-corrected chi connectivity index (χ4v) is 5.10. The first kappa shape index (κ1) is 20.6. The summed E-state index contributed by atoms with van der Waals surface area (Å²) in [6, 6.07) is 24.6. The predicted octanol–water partition coefficient (Wildman–Crippen LogP) is 6.05. The molecule has 0 atom stereocenters. The molecular formula is C27H25N3OS. The molecule has 0 saturated carbocycles. The summed E-state index contributed by atoms with van der Waals surface area (Å²) in [5.74, 6) is 0.694. The van der Waals surface area contributed by atoms with Crippen LogP contribution in [0.3, 0.4) is 0 Å². The molecule has 0 N–H and O–H groups in total. The second kappa shape index (κ2) is 9.45. The van der Waals surface area contributed by atoms with E-state index in [1.165, 1.54) is 17.1 Å². The predicted molar refractivity (Wildman–Crippen MR) is 132 cm³/mol. The number of ketones is 1. The van der Waals surface area contributed by atoms with Crippen molar-refractivity contribution < 1.29 is 4.79 Å². The van der Waals surface area contributed by atoms with Crippen molar-refractivity contribution in [3.8, 4) is 0 Å². The third-order valence-electron chi connectivity index (χ3n) is 6.19. The van der Waals surface area contributed by atoms with Crippen LogP contribution in [0.4, 0.5) is 5.00 Å². The summed E-state index contributed by atoms with van der Waals surface area (Å²) in [5.41, 5.74) is 2.89. The number of hydrogen-bond acceptors (Lipinski definition) is 5. The summed E-state index contributed by atoms with van der Waals surface area (Å²) in [5, 5.41) is 7.55. The Bertz CT molecular complexity index is 1240. The van der Waals surface area contributed by atoms with Crippen LogP contribution in [0.15, 0.2) is 78.9 Å². The Morgan fingerprint density at radius 2 is 1.72 bits per heavy atom. The number of rotatable bonds is 6. The summed E-state index contributed by atoms with van der Waals surface area (Å²) in [4.78, 5) is 15.1. The van der Waals surface area contributed by atoms with Crippen molar-refractivity contribution in [1.29, 1.82) is 0 Å². The molecule has 2 heterocycles. The number of hydrogen-bond donors (Lipinski definition) is 0. The average molecular weight is 440 g/mol. The van der Waals surface area contributed by atoms with Gasteiger partial charge in [0.1, 0.15) is 10.7 Å². The van der Waals surface area contributed by atoms with Crippen molar-refractivity contribution in [2.45, 2.75) is 19.3 Å². The van der Waals surface area contributed by atoms with Gasteiger partial charge in [-0.2, -0.15) is 0 Å². The van der Waals surface area contributed by atoms with E-state index < -0.39 is 0 Å². The Kier molecular flexibility index (Phi) is 6.08. The molecule has 3 aromatic carbocycles. The van der Waals surface area contributed by atoms with E-state index in [0.717, 1.165) is 53.8 Å². The molecule has 1 aromatic heterocycles. The molecule has 0 spiro atoms. The minimum atomic E-state index is -0.0173. The average Bonchev–Trinajstić information content (AvgIpc) is 3.32. The van der Waals surface area contributed by atoms with Gasteiger partial charge in [0.2, 0.25) is 0 Å². The van der Waals surface area contributed by atoms with Crippen molar-refractivity contribution in [1.82, 2.24) is 9.59 Å². The number of carbonyl (C=O) groups excluding carboxylic acids is 1. The number of piperidine rings is 1. The van der Waals surface area contributed by atoms with Crippen LogP contribution in [-0.4, -0.2) is 28.5 Å². The maximum absolute atomic E-state index is 12.7. The number of benzene rings is 3. The Morgan fingerprint density at radius 3 is 2.53 bits per heavy atom. The lowest BCUT2D eigenvalue weighted by Gasteiger charge is -2.32. The van der Waals surface area contributed by atoms with Crippen molar-refractivity contribution in [3.63, 3.8) is 0 Å². The fourth-order valence-electron chi connectivity index (χ4n) is 4.40. The van der Waals surface area contributed by atoms with Crippen molar-refractivity contribution in [3.05, 3.63) is 95.7 Å². The van der Waals surface area contributed by atoms with Gasteiger partial charge >= 0.3 is 0 Å². The molecule has 0 bridgehead atoms. The van der Waals surface area contributed by atoms with Crippen molar-refractivity contribution in [2.24, 2.45) is 5.92 Å². The highest BCUT2D eigenvalue weighted by molar-refractivity contribution is 7.10. The highest BCUT2D eigenvalue weighted by atomic mass is 32.1. The first-order chi connectivity index (χ1) is 15.8. The van der Waals surface area contributed by atoms with Crippen LogP contribution < -0.4 is 4.90 Å². The van der Waals surface area contributed by atoms with Gasteiger partial charge in [-0.05, 0) is 59.7 Å². The second-order valence-corrected chi connectivity index (χ2v) is 9.08. The maximum Gasteiger partial charge on any atom is 0.185 e. The van der Waals surface area contributed by atoms with Gasteiger partial charge in [-0.1, -0.05) is 71.2 Å². The Hall–Kier alpha value is -3.31. The molecule has 0 amide bonds. The SMILES string of the molecule is O=C(/C=C/c1nnsc1N1CCC(Cc2ccccc2)CC1)c1ccc2ccccc2c1. The first-order valence-corrected chi connectivity index (χ1v) is 11.9. The van der Waals surface area contributed by atoms with Gasteiger partial charge in [0, 0.05) is 30.2 Å². The standard InChI is InChI=1S/C27H25N3OS/c31-26(24-11-10-22-8-4-5-9-23(22)19-24)13-12-25-27(32-29-28-25)30-16-14-21(15-17-30)18-20-6-2-1-3-7-20/h1-13,19,21H,14-18H2/b13-12+. The van der Waals surface area contributed by atoms with Gasteiger partial charge in [-0.25, -0.2) is 0 Å². The van der Waals surface area contributed by atoms with Gasteiger partial charge in [0.25, 0.3) is 0 Å². The molecule has 5 rings (SSSR count). The Balaban J connectivity index is 1.23. The molecule has 32 heavy (non-hydrogen) atoms. The van der Waals surface area contributed by atoms with Crippen LogP contribution in [-0.2, 0) is 6.42 Å². The Morgan fingerprint density at radius 1 is 0.969 bits per heavy atom. The largest absolute Gasteiger partial charge is 0.360 e. The molecule has 0 aliphatic carbocycles. The highest BCUT2D eigenvalue weighted by Crippen LogP contribution is 2.30. The molecule has 4 aromatic rings. The maximum atomic E-state index is 12.7. The van der Waals surface area contributed by atoms with E-state index in [1.54, 1.807) is 6.08 Å². The van der Waals surface area contributed by atoms with Gasteiger partial charge in [-0.15, -0.1) is 5.10 Å². The van der Waals surface area contributed by atoms with Crippen LogP contribution in [0.2, 0.25) is 0 Å². The quantitative estimate of drug-likeness (QED) is 0.271. The van der Waals surface area contributed by atoms with Crippen LogP contribution in [0, 0.1) is 5.92 Å². The lowest BCUT2D eigenvalue weighted by Crippen LogP contribution is -2.34. The lowest BCUT2D eigenvalue weighted by atomic mass is 9.90. The fraction of sp³-hybridized carbons (Fsp3) is 0.222. The number of anilines is 1. The van der Waals surface area contributed by atoms with Crippen molar-refractivity contribution >= 4 is 39.2 Å². The summed E-state index contributed by atoms with van der Waals surface area (Å²) in [6.07, 6.45) is 6.89. The van der Waals surface area contributed by atoms with E-state index in [-0.39, 0.29) is 5.78 Å². The van der Waals surface area contributed by atoms with E-state index >= 15 is 0 Å². The third-order valence-corrected chi connectivity index (χ3v) is 6.99. The number of fused-ring (bicyclic) bond motifs is 1. The summed E-state index contributed by atoms with van der Waals surface area (Å²) in [7, 11) is 0. The lowest BCUT2D eigenvalue weighted by molar-refractivity contribution is 0.104. The molecular weight excluding hydrogens is 414 g/mol. The summed E-state index contributed by atoms with van der Waals surface area (Å²) in [6.45, 7) is 2.00. The Labute approximate surface area is 192 Å². The molecule has 1 aliphatic heterocycles. The minimum Gasteiger partial charge on any atom is -0.360 e. The number of carbonyl (C=O) groups is 1. The van der Waals surface area contributed by atoms with E-state index in [1.807, 2.05) is 42.5 Å². The van der Waals surface area contributed by atoms with E-state index in [9.17, 15) is 4.79 Å². The van der Waals surface area contributed by atoms with Gasteiger partial charge in [0.15, 0.2) is 5.78 Å². The zero-order valence-corrected chi connectivity index (χ0v) is 18.7. The van der Waals surface area contributed by atoms with E-state index in [0.29, 0.717) is 11.5 Å². The third kappa shape index (κ3) is 4.63. The molecule has 1 saturated heterocycles. The first-order valence-electron chi connectivity index (χ1n) is 11.1. The number of nitrogens with zero attached hydrogens (tertiary/aromatic N) is 3. The minimum absolute atomic E-state index is 0.0173. The number of allylic oxidation sites excluding steroid dienone is 1. The molecule has 1 aliphatic rings. The molecule has 160 valence electrons. The topological polar surface area (TPSA) is 46.1 Å². The number of aromatic nitrogens is 2. The van der Waals surface area contributed by atoms with Gasteiger partial charge in [0.05, 0.1) is 0 Å². The molecule has 4 nitrogen and oxygen atoms in total. The smallest absolute Gasteiger partial charge is 0.185 e. The van der Waals surface area contributed by atoms with Crippen LogP contribution in [0.1, 0.15) is 34.5 Å².